The Kier molecular flexibility index (Phi) is 3.92. The van der Waals surface area contributed by atoms with Gasteiger partial charge in [0.15, 0.2) is 0 Å². The first-order valence-electron chi connectivity index (χ1n) is 4.89. The molecule has 0 saturated heterocycles. The van der Waals surface area contributed by atoms with Crippen LogP contribution in [0, 0.1) is 0 Å². The molecule has 0 radical (unpaired) electrons. The second-order valence-electron chi connectivity index (χ2n) is 3.14. The number of nitrogens with one attached hydrogen (secondary N) is 1. The number of allylic oxidation sites excluding steroid dienone is 4. The van der Waals surface area contributed by atoms with Crippen molar-refractivity contribution < 1.29 is 9.90 Å². The van der Waals surface area contributed by atoms with Crippen molar-refractivity contribution in [2.45, 2.75) is 20.3 Å². The minimum absolute atomic E-state index is 0.138. The largest absolute Gasteiger partial charge is 0.506 e. The molecule has 0 spiro atoms. The van der Waals surface area contributed by atoms with E-state index in [0.29, 0.717) is 17.7 Å². The molecular weight excluding hydrogens is 190 g/mol. The molecule has 0 unspecified atom stereocenters. The minimum atomic E-state index is -0.205. The van der Waals surface area contributed by atoms with E-state index in [4.69, 9.17) is 0 Å². The van der Waals surface area contributed by atoms with Crippen LogP contribution < -0.4 is 5.32 Å². The van der Waals surface area contributed by atoms with E-state index < -0.39 is 0 Å². The lowest BCUT2D eigenvalue weighted by atomic mass is 10.2. The third-order valence-electron chi connectivity index (χ3n) is 2.08. The van der Waals surface area contributed by atoms with E-state index in [0.717, 1.165) is 0 Å². The van der Waals surface area contributed by atoms with Gasteiger partial charge in [-0.05, 0) is 26.3 Å². The Morgan fingerprint density at radius 1 is 1.47 bits per heavy atom. The average Bonchev–Trinajstić information content (AvgIpc) is 2.60. The van der Waals surface area contributed by atoms with Crippen molar-refractivity contribution in [3.63, 3.8) is 0 Å². The maximum absolute atomic E-state index is 11.7. The van der Waals surface area contributed by atoms with Gasteiger partial charge < -0.3 is 10.4 Å². The lowest BCUT2D eigenvalue weighted by molar-refractivity contribution is -0.116. The Morgan fingerprint density at radius 3 is 2.67 bits per heavy atom. The SMILES string of the molecule is CC=C/C(=C\C)C(=O)NC1=CCC=C1O. The van der Waals surface area contributed by atoms with Crippen molar-refractivity contribution in [1.29, 1.82) is 0 Å². The molecule has 0 atom stereocenters. The second-order valence-corrected chi connectivity index (χ2v) is 3.14. The maximum Gasteiger partial charge on any atom is 0.255 e. The molecule has 1 aliphatic carbocycles. The molecule has 0 aromatic rings. The summed E-state index contributed by atoms with van der Waals surface area (Å²) in [6, 6.07) is 0. The summed E-state index contributed by atoms with van der Waals surface area (Å²) in [4.78, 5) is 11.7. The third kappa shape index (κ3) is 2.84. The predicted molar refractivity (Wildman–Crippen MR) is 60.1 cm³/mol. The zero-order chi connectivity index (χ0) is 11.3. The summed E-state index contributed by atoms with van der Waals surface area (Å²) in [6.45, 7) is 3.65. The van der Waals surface area contributed by atoms with Gasteiger partial charge in [-0.1, -0.05) is 24.3 Å². The first-order chi connectivity index (χ1) is 7.19. The number of rotatable bonds is 3. The van der Waals surface area contributed by atoms with E-state index in [2.05, 4.69) is 5.32 Å². The molecule has 2 N–H and O–H groups in total. The molecule has 3 nitrogen and oxygen atoms in total. The Hall–Kier alpha value is -1.77. The van der Waals surface area contributed by atoms with Crippen LogP contribution in [0.3, 0.4) is 0 Å². The van der Waals surface area contributed by atoms with Crippen LogP contribution in [-0.4, -0.2) is 11.0 Å². The number of hydrogen-bond donors (Lipinski definition) is 2. The van der Waals surface area contributed by atoms with Crippen LogP contribution in [0.2, 0.25) is 0 Å². The van der Waals surface area contributed by atoms with E-state index in [1.807, 2.05) is 6.92 Å². The summed E-state index contributed by atoms with van der Waals surface area (Å²) in [7, 11) is 0. The van der Waals surface area contributed by atoms with Gasteiger partial charge in [0.25, 0.3) is 5.91 Å². The normalized spacial score (nSPS) is 16.5. The van der Waals surface area contributed by atoms with E-state index >= 15 is 0 Å². The van der Waals surface area contributed by atoms with E-state index in [1.54, 1.807) is 37.3 Å². The highest BCUT2D eigenvalue weighted by atomic mass is 16.3. The molecule has 0 saturated carbocycles. The van der Waals surface area contributed by atoms with Crippen LogP contribution in [0.25, 0.3) is 0 Å². The molecule has 1 rings (SSSR count). The van der Waals surface area contributed by atoms with Gasteiger partial charge in [-0.3, -0.25) is 4.79 Å². The quantitative estimate of drug-likeness (QED) is 0.549. The van der Waals surface area contributed by atoms with Crippen LogP contribution in [0.1, 0.15) is 20.3 Å². The van der Waals surface area contributed by atoms with Crippen molar-refractivity contribution in [3.8, 4) is 0 Å². The standard InChI is InChI=1S/C12H15NO2/c1-3-6-9(4-2)12(15)13-10-7-5-8-11(10)14/h3-4,6-8,14H,5H2,1-2H3,(H,13,15)/b6-3?,9-4+. The van der Waals surface area contributed by atoms with Crippen molar-refractivity contribution >= 4 is 5.91 Å². The van der Waals surface area contributed by atoms with Crippen molar-refractivity contribution in [3.05, 3.63) is 47.4 Å². The highest BCUT2D eigenvalue weighted by Gasteiger charge is 2.12. The monoisotopic (exact) mass is 205 g/mol. The van der Waals surface area contributed by atoms with E-state index in [-0.39, 0.29) is 11.7 Å². The zero-order valence-corrected chi connectivity index (χ0v) is 8.95. The average molecular weight is 205 g/mol. The third-order valence-corrected chi connectivity index (χ3v) is 2.08. The highest BCUT2D eigenvalue weighted by molar-refractivity contribution is 5.97. The van der Waals surface area contributed by atoms with Crippen LogP contribution in [-0.2, 0) is 4.79 Å². The first kappa shape index (κ1) is 11.3. The summed E-state index contributed by atoms with van der Waals surface area (Å²) in [5.74, 6) is -0.0667. The molecule has 0 heterocycles. The fraction of sp³-hybridized carbons (Fsp3) is 0.250. The van der Waals surface area contributed by atoms with Crippen LogP contribution >= 0.6 is 0 Å². The maximum atomic E-state index is 11.7. The van der Waals surface area contributed by atoms with E-state index in [9.17, 15) is 9.90 Å². The number of hydrogen-bond acceptors (Lipinski definition) is 2. The molecule has 0 fully saturated rings. The zero-order valence-electron chi connectivity index (χ0n) is 8.95. The molecule has 0 aliphatic heterocycles. The molecule has 0 bridgehead atoms. The molecule has 15 heavy (non-hydrogen) atoms. The Balaban J connectivity index is 2.67. The molecule has 0 aromatic heterocycles. The minimum Gasteiger partial charge on any atom is -0.506 e. The number of carbonyl (C=O) groups excluding carboxylic acids is 1. The van der Waals surface area contributed by atoms with Gasteiger partial charge in [0, 0.05) is 5.57 Å². The smallest absolute Gasteiger partial charge is 0.255 e. The highest BCUT2D eigenvalue weighted by Crippen LogP contribution is 2.14. The van der Waals surface area contributed by atoms with E-state index in [1.165, 1.54) is 0 Å². The lowest BCUT2D eigenvalue weighted by Gasteiger charge is -2.06. The van der Waals surface area contributed by atoms with Gasteiger partial charge in [-0.15, -0.1) is 0 Å². The molecule has 1 amide bonds. The number of carbonyl (C=O) groups is 1. The van der Waals surface area contributed by atoms with Crippen molar-refractivity contribution in [1.82, 2.24) is 5.32 Å². The summed E-state index contributed by atoms with van der Waals surface area (Å²) in [5, 5.41) is 12.0. The number of aliphatic hydroxyl groups is 1. The Bertz CT molecular complexity index is 373. The Labute approximate surface area is 89.5 Å². The van der Waals surface area contributed by atoms with Crippen LogP contribution in [0.4, 0.5) is 0 Å². The summed E-state index contributed by atoms with van der Waals surface area (Å²) >= 11 is 0. The van der Waals surface area contributed by atoms with Gasteiger partial charge in [0.05, 0.1) is 5.70 Å². The molecule has 80 valence electrons. The topological polar surface area (TPSA) is 49.3 Å². The van der Waals surface area contributed by atoms with Gasteiger partial charge in [0.1, 0.15) is 5.76 Å². The fourth-order valence-electron chi connectivity index (χ4n) is 1.30. The summed E-state index contributed by atoms with van der Waals surface area (Å²) < 4.78 is 0. The number of amides is 1. The van der Waals surface area contributed by atoms with Gasteiger partial charge in [0.2, 0.25) is 0 Å². The van der Waals surface area contributed by atoms with Gasteiger partial charge in [-0.25, -0.2) is 0 Å². The first-order valence-corrected chi connectivity index (χ1v) is 4.89. The lowest BCUT2D eigenvalue weighted by Crippen LogP contribution is -2.24. The van der Waals surface area contributed by atoms with Crippen LogP contribution in [0.5, 0.6) is 0 Å². The van der Waals surface area contributed by atoms with Gasteiger partial charge in [-0.2, -0.15) is 0 Å². The second kappa shape index (κ2) is 5.20. The van der Waals surface area contributed by atoms with Gasteiger partial charge >= 0.3 is 0 Å². The van der Waals surface area contributed by atoms with Crippen molar-refractivity contribution in [2.75, 3.05) is 0 Å². The number of aliphatic hydroxyl groups excluding tert-OH is 1. The summed E-state index contributed by atoms with van der Waals surface area (Å²) in [6.07, 6.45) is 9.35. The molecule has 0 aromatic carbocycles. The summed E-state index contributed by atoms with van der Waals surface area (Å²) in [5.41, 5.74) is 1.07. The van der Waals surface area contributed by atoms with Crippen LogP contribution in [0.15, 0.2) is 47.4 Å². The Morgan fingerprint density at radius 2 is 2.20 bits per heavy atom. The molecule has 1 aliphatic rings. The molecular formula is C12H15NO2. The fourth-order valence-corrected chi connectivity index (χ4v) is 1.30. The predicted octanol–water partition coefficient (Wildman–Crippen LogP) is 2.35. The molecule has 3 heteroatoms. The van der Waals surface area contributed by atoms with Crippen molar-refractivity contribution in [2.24, 2.45) is 0 Å².